The van der Waals surface area contributed by atoms with Gasteiger partial charge in [-0.05, 0) is 29.9 Å². The summed E-state index contributed by atoms with van der Waals surface area (Å²) < 4.78 is 16.6. The highest BCUT2D eigenvalue weighted by Gasteiger charge is 2.48. The molecule has 1 aliphatic heterocycles. The second-order valence-electron chi connectivity index (χ2n) is 10.2. The van der Waals surface area contributed by atoms with Crippen molar-refractivity contribution in [1.82, 2.24) is 15.5 Å². The van der Waals surface area contributed by atoms with Gasteiger partial charge in [0.1, 0.15) is 0 Å². The van der Waals surface area contributed by atoms with Crippen LogP contribution in [0, 0.1) is 17.3 Å². The molecule has 0 aliphatic carbocycles. The Hall–Kier alpha value is -2.74. The van der Waals surface area contributed by atoms with E-state index in [4.69, 9.17) is 14.0 Å². The first-order chi connectivity index (χ1) is 14.9. The first kappa shape index (κ1) is 23.9. The van der Waals surface area contributed by atoms with Crippen LogP contribution in [-0.2, 0) is 19.1 Å². The number of ether oxygens (including phenoxy) is 2. The smallest absolute Gasteiger partial charge is 0.338 e. The molecule has 1 fully saturated rings. The minimum atomic E-state index is -1.06. The zero-order valence-electron chi connectivity index (χ0n) is 19.8. The van der Waals surface area contributed by atoms with Crippen LogP contribution in [0.25, 0.3) is 11.5 Å². The van der Waals surface area contributed by atoms with Crippen LogP contribution in [0.5, 0.6) is 0 Å². The van der Waals surface area contributed by atoms with E-state index in [2.05, 4.69) is 15.5 Å². The Morgan fingerprint density at radius 3 is 2.38 bits per heavy atom. The number of esters is 1. The molecule has 1 saturated heterocycles. The molecule has 0 spiro atoms. The maximum absolute atomic E-state index is 13.4. The van der Waals surface area contributed by atoms with Gasteiger partial charge < -0.3 is 19.3 Å². The molecule has 1 aromatic carbocycles. The van der Waals surface area contributed by atoms with Gasteiger partial charge >= 0.3 is 5.97 Å². The fourth-order valence-electron chi connectivity index (χ4n) is 3.77. The van der Waals surface area contributed by atoms with Gasteiger partial charge in [-0.2, -0.15) is 4.98 Å². The van der Waals surface area contributed by atoms with E-state index in [1.54, 1.807) is 13.8 Å². The van der Waals surface area contributed by atoms with E-state index < -0.39 is 35.2 Å². The molecule has 0 radical (unpaired) electrons. The zero-order valence-corrected chi connectivity index (χ0v) is 19.8. The lowest BCUT2D eigenvalue weighted by Crippen LogP contribution is -2.45. The first-order valence-electron chi connectivity index (χ1n) is 11.0. The zero-order chi connectivity index (χ0) is 23.7. The van der Waals surface area contributed by atoms with Crippen molar-refractivity contribution in [2.45, 2.75) is 72.8 Å². The maximum atomic E-state index is 13.4. The molecule has 3 atom stereocenters. The van der Waals surface area contributed by atoms with Crippen molar-refractivity contribution in [1.29, 1.82) is 0 Å². The van der Waals surface area contributed by atoms with Gasteiger partial charge in [-0.25, -0.2) is 4.79 Å². The van der Waals surface area contributed by atoms with Crippen molar-refractivity contribution in [3.63, 3.8) is 0 Å². The molecular formula is C24H33N3O5. The third-order valence-electron chi connectivity index (χ3n) is 5.29. The number of hydrogen-bond donors (Lipinski definition) is 1. The van der Waals surface area contributed by atoms with E-state index >= 15 is 0 Å². The quantitative estimate of drug-likeness (QED) is 0.637. The summed E-state index contributed by atoms with van der Waals surface area (Å²) in [6.07, 6.45) is -0.488. The monoisotopic (exact) mass is 443 g/mol. The minimum Gasteiger partial charge on any atom is -0.432 e. The van der Waals surface area contributed by atoms with E-state index in [-0.39, 0.29) is 11.8 Å². The number of benzene rings is 1. The molecule has 2 aromatic rings. The molecule has 8 heteroatoms. The number of nitrogens with one attached hydrogen (secondary N) is 1. The average Bonchev–Trinajstić information content (AvgIpc) is 3.27. The lowest BCUT2D eigenvalue weighted by Gasteiger charge is -2.31. The SMILES string of the molecule is CC(C)C[C@@H](C(=O)N[C@H](c1noc(-c2ccccc2)n1)C(C)(C)C)C1OC(C)(C)OC1=O. The van der Waals surface area contributed by atoms with Crippen LogP contribution in [-0.4, -0.2) is 33.9 Å². The third-order valence-corrected chi connectivity index (χ3v) is 5.29. The summed E-state index contributed by atoms with van der Waals surface area (Å²) in [7, 11) is 0. The van der Waals surface area contributed by atoms with Crippen LogP contribution in [0.2, 0.25) is 0 Å². The number of amides is 1. The Morgan fingerprint density at radius 1 is 1.19 bits per heavy atom. The number of carbonyl (C=O) groups excluding carboxylic acids is 2. The van der Waals surface area contributed by atoms with Gasteiger partial charge in [-0.3, -0.25) is 4.79 Å². The Kier molecular flexibility index (Phi) is 6.74. The first-order valence-corrected chi connectivity index (χ1v) is 11.0. The second kappa shape index (κ2) is 9.02. The highest BCUT2D eigenvalue weighted by molar-refractivity contribution is 5.88. The summed E-state index contributed by atoms with van der Waals surface area (Å²) in [4.78, 5) is 30.4. The van der Waals surface area contributed by atoms with Gasteiger partial charge in [0.15, 0.2) is 11.9 Å². The van der Waals surface area contributed by atoms with Crippen molar-refractivity contribution in [2.24, 2.45) is 17.3 Å². The fraction of sp³-hybridized carbons (Fsp3) is 0.583. The summed E-state index contributed by atoms with van der Waals surface area (Å²) in [5.41, 5.74) is 0.388. The summed E-state index contributed by atoms with van der Waals surface area (Å²) in [6.45, 7) is 13.3. The van der Waals surface area contributed by atoms with Gasteiger partial charge in [-0.1, -0.05) is 58.0 Å². The predicted octanol–water partition coefficient (Wildman–Crippen LogP) is 4.28. The van der Waals surface area contributed by atoms with Crippen LogP contribution >= 0.6 is 0 Å². The van der Waals surface area contributed by atoms with Gasteiger partial charge in [0.2, 0.25) is 11.7 Å². The Bertz CT molecular complexity index is 946. The standard InChI is InChI=1S/C24H33N3O5/c1-14(2)13-16(17-22(29)31-24(6,7)30-17)20(28)25-18(23(3,4)5)19-26-21(32-27-19)15-11-9-8-10-12-15/h8-12,14,16-18H,13H2,1-7H3,(H,25,28)/t16-,17?,18-/m1/s1. The number of aromatic nitrogens is 2. The van der Waals surface area contributed by atoms with Crippen LogP contribution in [0.3, 0.4) is 0 Å². The molecule has 1 N–H and O–H groups in total. The van der Waals surface area contributed by atoms with E-state index in [1.165, 1.54) is 0 Å². The van der Waals surface area contributed by atoms with E-state index in [0.29, 0.717) is 18.1 Å². The fourth-order valence-corrected chi connectivity index (χ4v) is 3.77. The summed E-state index contributed by atoms with van der Waals surface area (Å²) in [5, 5.41) is 7.20. The lowest BCUT2D eigenvalue weighted by molar-refractivity contribution is -0.162. The molecule has 3 rings (SSSR count). The molecule has 0 bridgehead atoms. The maximum Gasteiger partial charge on any atom is 0.338 e. The molecule has 1 aromatic heterocycles. The summed E-state index contributed by atoms with van der Waals surface area (Å²) in [6, 6.07) is 8.92. The Morgan fingerprint density at radius 2 is 1.84 bits per heavy atom. The summed E-state index contributed by atoms with van der Waals surface area (Å²) >= 11 is 0. The summed E-state index contributed by atoms with van der Waals surface area (Å²) in [5.74, 6) is -1.64. The molecule has 1 unspecified atom stereocenters. The largest absolute Gasteiger partial charge is 0.432 e. The van der Waals surface area contributed by atoms with Crippen molar-refractivity contribution in [3.05, 3.63) is 36.2 Å². The molecule has 174 valence electrons. The predicted molar refractivity (Wildman–Crippen MR) is 118 cm³/mol. The number of hydrogen-bond acceptors (Lipinski definition) is 7. The topological polar surface area (TPSA) is 104 Å². The minimum absolute atomic E-state index is 0.175. The number of rotatable bonds is 7. The third kappa shape index (κ3) is 5.54. The molecule has 8 nitrogen and oxygen atoms in total. The van der Waals surface area contributed by atoms with Crippen LogP contribution in [0.1, 0.15) is 66.8 Å². The van der Waals surface area contributed by atoms with Gasteiger partial charge in [0, 0.05) is 19.4 Å². The van der Waals surface area contributed by atoms with E-state index in [1.807, 2.05) is 65.0 Å². The highest BCUT2D eigenvalue weighted by atomic mass is 16.8. The number of nitrogens with zero attached hydrogens (tertiary/aromatic N) is 2. The number of cyclic esters (lactones) is 1. The van der Waals surface area contributed by atoms with Gasteiger partial charge in [-0.15, -0.1) is 0 Å². The van der Waals surface area contributed by atoms with E-state index in [9.17, 15) is 9.59 Å². The molecule has 1 aliphatic rings. The molecular weight excluding hydrogens is 410 g/mol. The van der Waals surface area contributed by atoms with Crippen molar-refractivity contribution >= 4 is 11.9 Å². The highest BCUT2D eigenvalue weighted by Crippen LogP contribution is 2.35. The molecule has 0 saturated carbocycles. The average molecular weight is 444 g/mol. The van der Waals surface area contributed by atoms with Crippen molar-refractivity contribution in [3.8, 4) is 11.5 Å². The van der Waals surface area contributed by atoms with E-state index in [0.717, 1.165) is 5.56 Å². The molecule has 2 heterocycles. The Labute approximate surface area is 189 Å². The Balaban J connectivity index is 1.86. The van der Waals surface area contributed by atoms with Crippen LogP contribution in [0.15, 0.2) is 34.9 Å². The van der Waals surface area contributed by atoms with Crippen LogP contribution < -0.4 is 5.32 Å². The van der Waals surface area contributed by atoms with Gasteiger partial charge in [0.25, 0.3) is 5.89 Å². The van der Waals surface area contributed by atoms with Crippen molar-refractivity contribution < 1.29 is 23.6 Å². The lowest BCUT2D eigenvalue weighted by atomic mass is 9.84. The second-order valence-corrected chi connectivity index (χ2v) is 10.2. The van der Waals surface area contributed by atoms with Crippen LogP contribution in [0.4, 0.5) is 0 Å². The molecule has 32 heavy (non-hydrogen) atoms. The molecule has 1 amide bonds. The van der Waals surface area contributed by atoms with Crippen molar-refractivity contribution in [2.75, 3.05) is 0 Å². The normalized spacial score (nSPS) is 20.1. The van der Waals surface area contributed by atoms with Gasteiger partial charge in [0.05, 0.1) is 12.0 Å². The number of carbonyl (C=O) groups is 2.